The SMILES string of the molecule is Cc1cscc1CCN(C)C(=N)NC(=N)N. The van der Waals surface area contributed by atoms with Crippen molar-refractivity contribution in [2.45, 2.75) is 13.3 Å². The van der Waals surface area contributed by atoms with Crippen molar-refractivity contribution in [2.24, 2.45) is 5.73 Å². The van der Waals surface area contributed by atoms with E-state index in [-0.39, 0.29) is 11.9 Å². The molecular weight excluding hydrogens is 222 g/mol. The molecule has 16 heavy (non-hydrogen) atoms. The normalized spacial score (nSPS) is 9.88. The molecule has 0 amide bonds. The first kappa shape index (κ1) is 12.5. The average molecular weight is 239 g/mol. The molecule has 0 aliphatic rings. The van der Waals surface area contributed by atoms with Gasteiger partial charge in [0.15, 0.2) is 11.9 Å². The molecule has 5 nitrogen and oxygen atoms in total. The van der Waals surface area contributed by atoms with Gasteiger partial charge in [-0.1, -0.05) is 0 Å². The highest BCUT2D eigenvalue weighted by Gasteiger charge is 2.06. The van der Waals surface area contributed by atoms with Gasteiger partial charge in [0, 0.05) is 13.6 Å². The predicted octanol–water partition coefficient (Wildman–Crippen LogP) is 0.949. The topological polar surface area (TPSA) is 89.0 Å². The smallest absolute Gasteiger partial charge is 0.197 e. The van der Waals surface area contributed by atoms with Gasteiger partial charge in [-0.25, -0.2) is 0 Å². The van der Waals surface area contributed by atoms with Crippen LogP contribution in [0.1, 0.15) is 11.1 Å². The van der Waals surface area contributed by atoms with Crippen LogP contribution in [0.15, 0.2) is 10.8 Å². The van der Waals surface area contributed by atoms with Gasteiger partial charge in [-0.15, -0.1) is 0 Å². The van der Waals surface area contributed by atoms with Crippen LogP contribution in [-0.4, -0.2) is 30.4 Å². The summed E-state index contributed by atoms with van der Waals surface area (Å²) < 4.78 is 0. The minimum atomic E-state index is -0.205. The van der Waals surface area contributed by atoms with Gasteiger partial charge in [0.25, 0.3) is 0 Å². The van der Waals surface area contributed by atoms with Crippen molar-refractivity contribution >= 4 is 23.3 Å². The molecule has 5 N–H and O–H groups in total. The van der Waals surface area contributed by atoms with Crippen LogP contribution >= 0.6 is 11.3 Å². The zero-order valence-corrected chi connectivity index (χ0v) is 10.3. The fourth-order valence-corrected chi connectivity index (χ4v) is 2.16. The van der Waals surface area contributed by atoms with Crippen molar-refractivity contribution in [3.63, 3.8) is 0 Å². The lowest BCUT2D eigenvalue weighted by atomic mass is 10.1. The molecule has 1 aromatic heterocycles. The van der Waals surface area contributed by atoms with E-state index in [9.17, 15) is 0 Å². The molecule has 0 aromatic carbocycles. The van der Waals surface area contributed by atoms with Gasteiger partial charge in [-0.2, -0.15) is 11.3 Å². The molecule has 1 rings (SSSR count). The van der Waals surface area contributed by atoms with E-state index in [1.54, 1.807) is 23.3 Å². The Morgan fingerprint density at radius 2 is 2.19 bits per heavy atom. The Morgan fingerprint density at radius 1 is 1.50 bits per heavy atom. The summed E-state index contributed by atoms with van der Waals surface area (Å²) in [6.45, 7) is 2.82. The molecule has 0 saturated carbocycles. The molecule has 0 saturated heterocycles. The number of nitrogens with one attached hydrogen (secondary N) is 3. The van der Waals surface area contributed by atoms with Gasteiger partial charge >= 0.3 is 0 Å². The molecule has 0 bridgehead atoms. The van der Waals surface area contributed by atoms with Crippen LogP contribution in [0.2, 0.25) is 0 Å². The zero-order valence-electron chi connectivity index (χ0n) is 9.50. The Hall–Kier alpha value is -1.56. The van der Waals surface area contributed by atoms with Crippen LogP contribution in [0, 0.1) is 17.7 Å². The Bertz CT molecular complexity index is 384. The minimum absolute atomic E-state index is 0.153. The van der Waals surface area contributed by atoms with E-state index >= 15 is 0 Å². The van der Waals surface area contributed by atoms with E-state index in [1.807, 2.05) is 0 Å². The summed E-state index contributed by atoms with van der Waals surface area (Å²) in [6, 6.07) is 0. The maximum absolute atomic E-state index is 7.60. The fourth-order valence-electron chi connectivity index (χ4n) is 1.27. The molecule has 0 aliphatic carbocycles. The van der Waals surface area contributed by atoms with E-state index in [0.717, 1.165) is 13.0 Å². The molecular formula is C10H17N5S. The molecule has 0 aliphatic heterocycles. The first-order valence-electron chi connectivity index (χ1n) is 4.93. The maximum atomic E-state index is 7.60. The number of nitrogens with zero attached hydrogens (tertiary/aromatic N) is 1. The van der Waals surface area contributed by atoms with Gasteiger partial charge in [-0.3, -0.25) is 16.1 Å². The lowest BCUT2D eigenvalue weighted by molar-refractivity contribution is 0.492. The Morgan fingerprint density at radius 3 is 2.69 bits per heavy atom. The Balaban J connectivity index is 2.41. The summed E-state index contributed by atoms with van der Waals surface area (Å²) in [5, 5.41) is 21.3. The molecule has 88 valence electrons. The van der Waals surface area contributed by atoms with Gasteiger partial charge < -0.3 is 10.6 Å². The number of hydrogen-bond donors (Lipinski definition) is 4. The number of aryl methyl sites for hydroxylation is 1. The Kier molecular flexibility index (Phi) is 4.30. The first-order chi connectivity index (χ1) is 7.50. The van der Waals surface area contributed by atoms with Crippen molar-refractivity contribution in [1.29, 1.82) is 10.8 Å². The first-order valence-corrected chi connectivity index (χ1v) is 5.87. The van der Waals surface area contributed by atoms with Gasteiger partial charge in [0.1, 0.15) is 0 Å². The van der Waals surface area contributed by atoms with E-state index < -0.39 is 0 Å². The molecule has 0 atom stereocenters. The second-order valence-corrected chi connectivity index (χ2v) is 4.38. The number of nitrogens with two attached hydrogens (primary N) is 1. The van der Waals surface area contributed by atoms with E-state index in [1.165, 1.54) is 11.1 Å². The number of likely N-dealkylation sites (N-methyl/N-ethyl adjacent to an activating group) is 1. The molecule has 6 heteroatoms. The summed E-state index contributed by atoms with van der Waals surface area (Å²) in [6.07, 6.45) is 0.897. The quantitative estimate of drug-likeness (QED) is 0.467. The van der Waals surface area contributed by atoms with Crippen LogP contribution in [0.4, 0.5) is 0 Å². The molecule has 0 fully saturated rings. The molecule has 0 spiro atoms. The van der Waals surface area contributed by atoms with Gasteiger partial charge in [-0.05, 0) is 35.2 Å². The van der Waals surface area contributed by atoms with Crippen molar-refractivity contribution in [2.75, 3.05) is 13.6 Å². The van der Waals surface area contributed by atoms with Crippen LogP contribution < -0.4 is 11.1 Å². The molecule has 1 aromatic rings. The monoisotopic (exact) mass is 239 g/mol. The lowest BCUT2D eigenvalue weighted by Crippen LogP contribution is -2.44. The number of guanidine groups is 2. The number of thiophene rings is 1. The summed E-state index contributed by atoms with van der Waals surface area (Å²) in [4.78, 5) is 1.73. The lowest BCUT2D eigenvalue weighted by Gasteiger charge is -2.19. The zero-order chi connectivity index (χ0) is 12.1. The second-order valence-electron chi connectivity index (χ2n) is 3.64. The summed E-state index contributed by atoms with van der Waals surface area (Å²) >= 11 is 1.69. The van der Waals surface area contributed by atoms with Crippen molar-refractivity contribution < 1.29 is 0 Å². The molecule has 0 radical (unpaired) electrons. The highest BCUT2D eigenvalue weighted by atomic mass is 32.1. The second kappa shape index (κ2) is 5.50. The third kappa shape index (κ3) is 3.54. The largest absolute Gasteiger partial charge is 0.370 e. The highest BCUT2D eigenvalue weighted by molar-refractivity contribution is 7.08. The summed E-state index contributed by atoms with van der Waals surface area (Å²) in [5.74, 6) is -0.0519. The predicted molar refractivity (Wildman–Crippen MR) is 68.2 cm³/mol. The van der Waals surface area contributed by atoms with Gasteiger partial charge in [0.2, 0.25) is 0 Å². The standard InChI is InChI=1S/C10H17N5S/c1-7-5-16-6-8(7)3-4-15(2)10(13)14-9(11)12/h5-6H,3-4H2,1-2H3,(H5,11,12,13,14). The minimum Gasteiger partial charge on any atom is -0.370 e. The summed E-state index contributed by atoms with van der Waals surface area (Å²) in [7, 11) is 1.81. The molecule has 0 unspecified atom stereocenters. The van der Waals surface area contributed by atoms with E-state index in [2.05, 4.69) is 23.0 Å². The van der Waals surface area contributed by atoms with Crippen LogP contribution in [-0.2, 0) is 6.42 Å². The average Bonchev–Trinajstić information content (AvgIpc) is 2.59. The Labute approximate surface area is 99.3 Å². The van der Waals surface area contributed by atoms with Crippen molar-refractivity contribution in [3.05, 3.63) is 21.9 Å². The highest BCUT2D eigenvalue weighted by Crippen LogP contribution is 2.14. The third-order valence-electron chi connectivity index (χ3n) is 2.31. The fraction of sp³-hybridized carbons (Fsp3) is 0.400. The molecule has 1 heterocycles. The maximum Gasteiger partial charge on any atom is 0.197 e. The van der Waals surface area contributed by atoms with Crippen molar-refractivity contribution in [3.8, 4) is 0 Å². The third-order valence-corrected chi connectivity index (χ3v) is 3.22. The van der Waals surface area contributed by atoms with E-state index in [0.29, 0.717) is 0 Å². The van der Waals surface area contributed by atoms with Gasteiger partial charge in [0.05, 0.1) is 0 Å². The van der Waals surface area contributed by atoms with Crippen LogP contribution in [0.3, 0.4) is 0 Å². The summed E-state index contributed by atoms with van der Waals surface area (Å²) in [5.41, 5.74) is 7.76. The number of hydrogen-bond acceptors (Lipinski definition) is 3. The van der Waals surface area contributed by atoms with Crippen LogP contribution in [0.25, 0.3) is 0 Å². The number of rotatable bonds is 3. The van der Waals surface area contributed by atoms with Crippen LogP contribution in [0.5, 0.6) is 0 Å². The van der Waals surface area contributed by atoms with E-state index in [4.69, 9.17) is 16.6 Å². The van der Waals surface area contributed by atoms with Crippen molar-refractivity contribution in [1.82, 2.24) is 10.2 Å².